The molecule has 1 aromatic heterocycles. The van der Waals surface area contributed by atoms with E-state index in [0.717, 1.165) is 5.39 Å². The zero-order valence-corrected chi connectivity index (χ0v) is 16.7. The molecule has 0 radical (unpaired) electrons. The lowest BCUT2D eigenvalue weighted by Gasteiger charge is -2.20. The van der Waals surface area contributed by atoms with Crippen molar-refractivity contribution in [3.8, 4) is 5.75 Å². The number of hydrogen-bond acceptors (Lipinski definition) is 5. The number of methoxy groups -OCH3 is 2. The molecule has 7 nitrogen and oxygen atoms in total. The van der Waals surface area contributed by atoms with E-state index in [4.69, 9.17) is 13.9 Å². The number of ether oxygens (including phenoxy) is 2. The summed E-state index contributed by atoms with van der Waals surface area (Å²) < 4.78 is 16.2. The van der Waals surface area contributed by atoms with Crippen molar-refractivity contribution in [2.75, 3.05) is 32.6 Å². The molecule has 3 rings (SSSR count). The van der Waals surface area contributed by atoms with Gasteiger partial charge in [-0.2, -0.15) is 0 Å². The first-order valence-corrected chi connectivity index (χ1v) is 9.29. The lowest BCUT2D eigenvalue weighted by atomic mass is 10.1. The second-order valence-electron chi connectivity index (χ2n) is 6.43. The maximum absolute atomic E-state index is 13.1. The summed E-state index contributed by atoms with van der Waals surface area (Å²) in [6.07, 6.45) is 0. The number of furan rings is 1. The van der Waals surface area contributed by atoms with Crippen LogP contribution >= 0.6 is 0 Å². The van der Waals surface area contributed by atoms with Gasteiger partial charge in [-0.05, 0) is 37.3 Å². The third-order valence-electron chi connectivity index (χ3n) is 4.56. The predicted octanol–water partition coefficient (Wildman–Crippen LogP) is 3.69. The molecule has 0 aliphatic carbocycles. The first-order chi connectivity index (χ1) is 14.1. The molecule has 3 aromatic rings. The Morgan fingerprint density at radius 1 is 1.07 bits per heavy atom. The number of hydrogen-bond donors (Lipinski definition) is 1. The fraction of sp³-hybridized carbons (Fsp3) is 0.273. The molecule has 2 amide bonds. The Morgan fingerprint density at radius 2 is 1.79 bits per heavy atom. The van der Waals surface area contributed by atoms with Crippen molar-refractivity contribution in [2.45, 2.75) is 13.5 Å². The normalized spacial score (nSPS) is 10.7. The number of nitrogens with one attached hydrogen (secondary N) is 1. The summed E-state index contributed by atoms with van der Waals surface area (Å²) in [6, 6.07) is 14.4. The average molecular weight is 396 g/mol. The minimum atomic E-state index is -0.347. The molecule has 0 atom stereocenters. The van der Waals surface area contributed by atoms with Crippen LogP contribution in [-0.4, -0.2) is 44.0 Å². The van der Waals surface area contributed by atoms with Gasteiger partial charge >= 0.3 is 0 Å². The summed E-state index contributed by atoms with van der Waals surface area (Å²) in [5, 5.41) is 3.62. The van der Waals surface area contributed by atoms with Crippen LogP contribution in [0.3, 0.4) is 0 Å². The van der Waals surface area contributed by atoms with Crippen LogP contribution in [0.4, 0.5) is 5.69 Å². The molecule has 0 saturated carbocycles. The molecule has 152 valence electrons. The summed E-state index contributed by atoms with van der Waals surface area (Å²) >= 11 is 0. The Balaban J connectivity index is 1.77. The van der Waals surface area contributed by atoms with Crippen LogP contribution in [0.2, 0.25) is 0 Å². The minimum Gasteiger partial charge on any atom is -0.497 e. The van der Waals surface area contributed by atoms with Gasteiger partial charge in [-0.15, -0.1) is 0 Å². The van der Waals surface area contributed by atoms with E-state index < -0.39 is 0 Å². The van der Waals surface area contributed by atoms with Crippen LogP contribution in [0.5, 0.6) is 5.75 Å². The van der Waals surface area contributed by atoms with Crippen LogP contribution in [0, 0.1) is 0 Å². The number of amides is 2. The van der Waals surface area contributed by atoms with E-state index in [1.807, 2.05) is 25.1 Å². The maximum Gasteiger partial charge on any atom is 0.290 e. The summed E-state index contributed by atoms with van der Waals surface area (Å²) in [7, 11) is 3.14. The maximum atomic E-state index is 13.1. The number of rotatable bonds is 8. The van der Waals surface area contributed by atoms with Crippen molar-refractivity contribution in [2.24, 2.45) is 0 Å². The van der Waals surface area contributed by atoms with Crippen molar-refractivity contribution >= 4 is 28.5 Å². The Labute approximate surface area is 169 Å². The first-order valence-electron chi connectivity index (χ1n) is 9.29. The number of nitrogens with zero attached hydrogens (tertiary/aromatic N) is 1. The van der Waals surface area contributed by atoms with E-state index in [0.29, 0.717) is 29.1 Å². The summed E-state index contributed by atoms with van der Waals surface area (Å²) in [4.78, 5) is 27.0. The molecule has 0 aliphatic heterocycles. The minimum absolute atomic E-state index is 0.0924. The van der Waals surface area contributed by atoms with Gasteiger partial charge in [0.1, 0.15) is 17.9 Å². The number of carbonyl (C=O) groups is 2. The molecule has 1 heterocycles. The highest BCUT2D eigenvalue weighted by Crippen LogP contribution is 2.27. The molecule has 0 unspecified atom stereocenters. The molecule has 2 aromatic carbocycles. The topological polar surface area (TPSA) is 81.0 Å². The van der Waals surface area contributed by atoms with Crippen LogP contribution in [0.15, 0.2) is 52.9 Å². The zero-order chi connectivity index (χ0) is 20.8. The van der Waals surface area contributed by atoms with Gasteiger partial charge in [-0.3, -0.25) is 9.59 Å². The third-order valence-corrected chi connectivity index (χ3v) is 4.56. The third kappa shape index (κ3) is 4.57. The Morgan fingerprint density at radius 3 is 2.45 bits per heavy atom. The lowest BCUT2D eigenvalue weighted by molar-refractivity contribution is -0.116. The van der Waals surface area contributed by atoms with Gasteiger partial charge in [0.15, 0.2) is 5.76 Å². The van der Waals surface area contributed by atoms with Crippen molar-refractivity contribution < 1.29 is 23.5 Å². The van der Waals surface area contributed by atoms with Crippen LogP contribution < -0.4 is 10.1 Å². The second kappa shape index (κ2) is 9.25. The molecule has 0 fully saturated rings. The van der Waals surface area contributed by atoms with Crippen molar-refractivity contribution in [1.29, 1.82) is 0 Å². The van der Waals surface area contributed by atoms with Gasteiger partial charge in [-0.1, -0.05) is 18.2 Å². The highest BCUT2D eigenvalue weighted by Gasteiger charge is 2.25. The standard InChI is InChI=1S/C22H24N2O5/c1-4-24(13-20(25)23-15-9-11-16(28-3)12-10-15)22(26)21-18(14-27-2)17-7-5-6-8-19(17)29-21/h5-12H,4,13-14H2,1-3H3,(H,23,25). The largest absolute Gasteiger partial charge is 0.497 e. The number of carbonyl (C=O) groups excluding carboxylic acids is 2. The fourth-order valence-electron chi connectivity index (χ4n) is 3.08. The highest BCUT2D eigenvalue weighted by atomic mass is 16.5. The van der Waals surface area contributed by atoms with Gasteiger partial charge in [0, 0.05) is 30.3 Å². The summed E-state index contributed by atoms with van der Waals surface area (Å²) in [5.74, 6) is 0.256. The smallest absolute Gasteiger partial charge is 0.290 e. The number of fused-ring (bicyclic) bond motifs is 1. The fourth-order valence-corrected chi connectivity index (χ4v) is 3.08. The Bertz CT molecular complexity index is 994. The molecule has 29 heavy (non-hydrogen) atoms. The number of benzene rings is 2. The van der Waals surface area contributed by atoms with Crippen molar-refractivity contribution in [1.82, 2.24) is 4.90 Å². The molecule has 0 aliphatic rings. The Hall–Kier alpha value is -3.32. The van der Waals surface area contributed by atoms with Crippen molar-refractivity contribution in [3.05, 3.63) is 59.9 Å². The monoisotopic (exact) mass is 396 g/mol. The SMILES string of the molecule is CCN(CC(=O)Nc1ccc(OC)cc1)C(=O)c1oc2ccccc2c1COC. The van der Waals surface area contributed by atoms with Gasteiger partial charge in [0.05, 0.1) is 13.7 Å². The lowest BCUT2D eigenvalue weighted by Crippen LogP contribution is -2.38. The van der Waals surface area contributed by atoms with Gasteiger partial charge in [-0.25, -0.2) is 0 Å². The highest BCUT2D eigenvalue weighted by molar-refractivity contribution is 6.01. The first kappa shape index (κ1) is 20.4. The predicted molar refractivity (Wildman–Crippen MR) is 110 cm³/mol. The van der Waals surface area contributed by atoms with E-state index in [2.05, 4.69) is 5.32 Å². The van der Waals surface area contributed by atoms with Crippen LogP contribution in [0.25, 0.3) is 11.0 Å². The number of para-hydroxylation sites is 1. The number of likely N-dealkylation sites (N-methyl/N-ethyl adjacent to an activating group) is 1. The van der Waals surface area contributed by atoms with E-state index >= 15 is 0 Å². The van der Waals surface area contributed by atoms with Gasteiger partial charge in [0.25, 0.3) is 5.91 Å². The second-order valence-corrected chi connectivity index (χ2v) is 6.43. The average Bonchev–Trinajstić information content (AvgIpc) is 3.11. The quantitative estimate of drug-likeness (QED) is 0.628. The molecule has 7 heteroatoms. The summed E-state index contributed by atoms with van der Waals surface area (Å²) in [6.45, 7) is 2.33. The molecule has 0 bridgehead atoms. The van der Waals surface area contributed by atoms with E-state index in [9.17, 15) is 9.59 Å². The Kier molecular flexibility index (Phi) is 6.51. The van der Waals surface area contributed by atoms with E-state index in [-0.39, 0.29) is 30.7 Å². The molecular formula is C22H24N2O5. The number of anilines is 1. The van der Waals surface area contributed by atoms with E-state index in [1.165, 1.54) is 4.90 Å². The molecule has 1 N–H and O–H groups in total. The van der Waals surface area contributed by atoms with Crippen LogP contribution in [-0.2, 0) is 16.1 Å². The van der Waals surface area contributed by atoms with E-state index in [1.54, 1.807) is 44.6 Å². The molecular weight excluding hydrogens is 372 g/mol. The van der Waals surface area contributed by atoms with Crippen molar-refractivity contribution in [3.63, 3.8) is 0 Å². The zero-order valence-electron chi connectivity index (χ0n) is 16.7. The molecule has 0 saturated heterocycles. The van der Waals surface area contributed by atoms with Crippen LogP contribution in [0.1, 0.15) is 23.0 Å². The van der Waals surface area contributed by atoms with Gasteiger partial charge < -0.3 is 24.1 Å². The molecule has 0 spiro atoms. The van der Waals surface area contributed by atoms with Gasteiger partial charge in [0.2, 0.25) is 5.91 Å². The summed E-state index contributed by atoms with van der Waals surface area (Å²) in [5.41, 5.74) is 1.92.